The van der Waals surface area contributed by atoms with Crippen molar-refractivity contribution in [3.8, 4) is 5.75 Å². The third-order valence-corrected chi connectivity index (χ3v) is 3.30. The first kappa shape index (κ1) is 15.1. The van der Waals surface area contributed by atoms with Crippen molar-refractivity contribution in [2.75, 3.05) is 0 Å². The van der Waals surface area contributed by atoms with E-state index in [0.717, 1.165) is 4.88 Å². The summed E-state index contributed by atoms with van der Waals surface area (Å²) in [5.74, 6) is -0.143. The van der Waals surface area contributed by atoms with E-state index in [0.29, 0.717) is 5.56 Å². The molecule has 0 spiro atoms. The highest BCUT2D eigenvalue weighted by Crippen LogP contribution is 2.14. The SMILES string of the molecule is O=C(Cc1cccs1)N/N=C\c1ccc(OC(F)F)cc1. The average Bonchev–Trinajstić information content (AvgIpc) is 2.93. The van der Waals surface area contributed by atoms with Gasteiger partial charge in [0.15, 0.2) is 0 Å². The van der Waals surface area contributed by atoms with Crippen LogP contribution in [0.4, 0.5) is 8.78 Å². The van der Waals surface area contributed by atoms with Gasteiger partial charge in [-0.1, -0.05) is 6.07 Å². The molecule has 1 amide bonds. The monoisotopic (exact) mass is 310 g/mol. The van der Waals surface area contributed by atoms with Crippen LogP contribution in [-0.4, -0.2) is 18.7 Å². The van der Waals surface area contributed by atoms with Gasteiger partial charge in [-0.05, 0) is 41.3 Å². The molecule has 0 radical (unpaired) electrons. The molecule has 0 aliphatic heterocycles. The second kappa shape index (κ2) is 7.49. The predicted octanol–water partition coefficient (Wildman–Crippen LogP) is 3.04. The number of hydrazone groups is 1. The Morgan fingerprint density at radius 3 is 2.71 bits per heavy atom. The van der Waals surface area contributed by atoms with Crippen LogP contribution < -0.4 is 10.2 Å². The number of nitrogens with zero attached hydrogens (tertiary/aromatic N) is 1. The molecule has 4 nitrogen and oxygen atoms in total. The lowest BCUT2D eigenvalue weighted by Gasteiger charge is -2.03. The molecule has 0 unspecified atom stereocenters. The van der Waals surface area contributed by atoms with Crippen molar-refractivity contribution in [1.29, 1.82) is 0 Å². The maximum Gasteiger partial charge on any atom is 0.387 e. The maximum atomic E-state index is 12.0. The molecule has 1 N–H and O–H groups in total. The number of nitrogens with one attached hydrogen (secondary N) is 1. The van der Waals surface area contributed by atoms with E-state index in [2.05, 4.69) is 15.3 Å². The van der Waals surface area contributed by atoms with Crippen LogP contribution in [0.2, 0.25) is 0 Å². The topological polar surface area (TPSA) is 50.7 Å². The van der Waals surface area contributed by atoms with Crippen LogP contribution in [0, 0.1) is 0 Å². The Hall–Kier alpha value is -2.28. The zero-order valence-electron chi connectivity index (χ0n) is 10.8. The van der Waals surface area contributed by atoms with Crippen molar-refractivity contribution in [2.24, 2.45) is 5.10 Å². The van der Waals surface area contributed by atoms with Gasteiger partial charge >= 0.3 is 6.61 Å². The molecule has 0 aliphatic rings. The lowest BCUT2D eigenvalue weighted by atomic mass is 10.2. The molecule has 0 saturated heterocycles. The highest BCUT2D eigenvalue weighted by atomic mass is 32.1. The summed E-state index contributed by atoms with van der Waals surface area (Å²) >= 11 is 1.50. The van der Waals surface area contributed by atoms with E-state index < -0.39 is 6.61 Å². The molecule has 2 rings (SSSR count). The smallest absolute Gasteiger partial charge is 0.387 e. The Morgan fingerprint density at radius 1 is 1.33 bits per heavy atom. The number of rotatable bonds is 6. The summed E-state index contributed by atoms with van der Waals surface area (Å²) in [5, 5.41) is 5.70. The van der Waals surface area contributed by atoms with Gasteiger partial charge in [-0.2, -0.15) is 13.9 Å². The Morgan fingerprint density at radius 2 is 2.10 bits per heavy atom. The van der Waals surface area contributed by atoms with Gasteiger partial charge in [0.2, 0.25) is 5.91 Å². The van der Waals surface area contributed by atoms with Gasteiger partial charge in [0.05, 0.1) is 12.6 Å². The number of carbonyl (C=O) groups excluding carboxylic acids is 1. The Bertz CT molecular complexity index is 598. The molecule has 0 atom stereocenters. The predicted molar refractivity (Wildman–Crippen MR) is 76.8 cm³/mol. The van der Waals surface area contributed by atoms with E-state index in [9.17, 15) is 13.6 Å². The lowest BCUT2D eigenvalue weighted by molar-refractivity contribution is -0.120. The molecular formula is C14H12F2N2O2S. The van der Waals surface area contributed by atoms with Crippen molar-refractivity contribution in [2.45, 2.75) is 13.0 Å². The largest absolute Gasteiger partial charge is 0.435 e. The number of thiophene rings is 1. The zero-order valence-corrected chi connectivity index (χ0v) is 11.6. The molecule has 0 fully saturated rings. The van der Waals surface area contributed by atoms with E-state index in [1.54, 1.807) is 12.1 Å². The van der Waals surface area contributed by atoms with E-state index in [1.165, 1.54) is 29.7 Å². The molecule has 1 aromatic carbocycles. The minimum absolute atomic E-state index is 0.0730. The number of amides is 1. The van der Waals surface area contributed by atoms with Crippen LogP contribution >= 0.6 is 11.3 Å². The summed E-state index contributed by atoms with van der Waals surface area (Å²) in [7, 11) is 0. The van der Waals surface area contributed by atoms with Gasteiger partial charge in [-0.3, -0.25) is 4.79 Å². The molecule has 1 aromatic heterocycles. The zero-order chi connectivity index (χ0) is 15.1. The number of hydrogen-bond acceptors (Lipinski definition) is 4. The summed E-state index contributed by atoms with van der Waals surface area (Å²) in [4.78, 5) is 12.5. The number of hydrogen-bond donors (Lipinski definition) is 1. The van der Waals surface area contributed by atoms with Crippen LogP contribution in [-0.2, 0) is 11.2 Å². The second-order valence-corrected chi connectivity index (χ2v) is 5.03. The first-order valence-corrected chi connectivity index (χ1v) is 6.90. The lowest BCUT2D eigenvalue weighted by Crippen LogP contribution is -2.19. The molecule has 2 aromatic rings. The summed E-state index contributed by atoms with van der Waals surface area (Å²) in [5.41, 5.74) is 3.06. The number of ether oxygens (including phenoxy) is 1. The standard InChI is InChI=1S/C14H12F2N2O2S/c15-14(16)20-11-5-3-10(4-6-11)9-17-18-13(19)8-12-2-1-7-21-12/h1-7,9,14H,8H2,(H,18,19)/b17-9-. The molecule has 7 heteroatoms. The molecular weight excluding hydrogens is 298 g/mol. The van der Waals surface area contributed by atoms with Crippen LogP contribution in [0.25, 0.3) is 0 Å². The molecule has 0 bridgehead atoms. The summed E-state index contributed by atoms with van der Waals surface area (Å²) in [6, 6.07) is 9.68. The fourth-order valence-electron chi connectivity index (χ4n) is 1.53. The highest BCUT2D eigenvalue weighted by molar-refractivity contribution is 7.10. The van der Waals surface area contributed by atoms with Gasteiger partial charge in [-0.25, -0.2) is 5.43 Å². The summed E-state index contributed by atoms with van der Waals surface area (Å²) < 4.78 is 28.2. The van der Waals surface area contributed by atoms with Crippen molar-refractivity contribution in [3.05, 3.63) is 52.2 Å². The van der Waals surface area contributed by atoms with Crippen molar-refractivity contribution in [1.82, 2.24) is 5.43 Å². The van der Waals surface area contributed by atoms with Crippen LogP contribution in [0.15, 0.2) is 46.9 Å². The van der Waals surface area contributed by atoms with E-state index >= 15 is 0 Å². The fraction of sp³-hybridized carbons (Fsp3) is 0.143. The van der Waals surface area contributed by atoms with Gasteiger partial charge in [0.1, 0.15) is 5.75 Å². The fourth-order valence-corrected chi connectivity index (χ4v) is 2.23. The Labute approximate surface area is 124 Å². The van der Waals surface area contributed by atoms with Crippen LogP contribution in [0.3, 0.4) is 0 Å². The second-order valence-electron chi connectivity index (χ2n) is 4.00. The molecule has 0 aliphatic carbocycles. The van der Waals surface area contributed by atoms with E-state index in [1.807, 2.05) is 17.5 Å². The van der Waals surface area contributed by atoms with Crippen LogP contribution in [0.1, 0.15) is 10.4 Å². The quantitative estimate of drug-likeness (QED) is 0.658. The minimum atomic E-state index is -2.85. The molecule has 1 heterocycles. The number of halogens is 2. The van der Waals surface area contributed by atoms with Gasteiger partial charge in [0, 0.05) is 4.88 Å². The summed E-state index contributed by atoms with van der Waals surface area (Å²) in [6.45, 7) is -2.85. The Kier molecular flexibility index (Phi) is 5.39. The average molecular weight is 310 g/mol. The van der Waals surface area contributed by atoms with E-state index in [4.69, 9.17) is 0 Å². The van der Waals surface area contributed by atoms with Crippen molar-refractivity contribution < 1.29 is 18.3 Å². The number of carbonyl (C=O) groups is 1. The van der Waals surface area contributed by atoms with Gasteiger partial charge in [0.25, 0.3) is 0 Å². The first-order valence-electron chi connectivity index (χ1n) is 6.02. The van der Waals surface area contributed by atoms with Gasteiger partial charge < -0.3 is 4.74 Å². The minimum Gasteiger partial charge on any atom is -0.435 e. The normalized spacial score (nSPS) is 11.0. The molecule has 21 heavy (non-hydrogen) atoms. The summed E-state index contributed by atoms with van der Waals surface area (Å²) in [6.07, 6.45) is 1.70. The Balaban J connectivity index is 1.82. The first-order chi connectivity index (χ1) is 10.1. The third kappa shape index (κ3) is 5.31. The van der Waals surface area contributed by atoms with Crippen molar-refractivity contribution >= 4 is 23.5 Å². The molecule has 0 saturated carbocycles. The maximum absolute atomic E-state index is 12.0. The van der Waals surface area contributed by atoms with Gasteiger partial charge in [-0.15, -0.1) is 11.3 Å². The highest BCUT2D eigenvalue weighted by Gasteiger charge is 2.04. The van der Waals surface area contributed by atoms with E-state index in [-0.39, 0.29) is 18.1 Å². The number of benzene rings is 1. The third-order valence-electron chi connectivity index (χ3n) is 2.42. The van der Waals surface area contributed by atoms with Crippen LogP contribution in [0.5, 0.6) is 5.75 Å². The molecule has 110 valence electrons. The van der Waals surface area contributed by atoms with Crippen molar-refractivity contribution in [3.63, 3.8) is 0 Å². The number of alkyl halides is 2.